The Morgan fingerprint density at radius 1 is 0.754 bits per heavy atom. The van der Waals surface area contributed by atoms with Crippen LogP contribution in [0, 0.1) is 38.6 Å². The molecule has 0 saturated carbocycles. The minimum atomic E-state index is -2.48. The standard InChI is InChI=1S/C46H34N3O.C15H17FNSi.Ir/c1-27-25-37-33-17-10-11-20-38(33)46(3,4)40(37)28(2)42(27)49-39-24-21-30-15-8-9-16-32(30)41(39)48-44(49)36-19-12-18-34-35-23-22-31(47-45(35)50-43(34)36)26-29-13-6-5-7-14-29;1-11-6-5-7-13(15(11)16)14-9-8-12(10-17-14)18(2,3)4;/h5-18,20-25H,26H2,1-4H3;5-6,8-10H,1-4H3;/q2*-1;/i26D2;1D3;. The van der Waals surface area contributed by atoms with Crippen molar-refractivity contribution in [2.24, 2.45) is 0 Å². The van der Waals surface area contributed by atoms with E-state index in [-0.39, 0.29) is 36.6 Å². The van der Waals surface area contributed by atoms with Crippen LogP contribution in [0.2, 0.25) is 19.6 Å². The first-order valence-corrected chi connectivity index (χ1v) is 26.4. The summed E-state index contributed by atoms with van der Waals surface area (Å²) in [7, 11) is -1.47. The molecule has 7 aromatic carbocycles. The Balaban J connectivity index is 0.000000241. The Labute approximate surface area is 424 Å². The van der Waals surface area contributed by atoms with E-state index in [0.29, 0.717) is 28.2 Å². The van der Waals surface area contributed by atoms with Gasteiger partial charge in [0.15, 0.2) is 0 Å². The molecule has 343 valence electrons. The number of fused-ring (bicyclic) bond motifs is 9. The van der Waals surface area contributed by atoms with Gasteiger partial charge < -0.3 is 14.0 Å². The van der Waals surface area contributed by atoms with Crippen LogP contribution < -0.4 is 5.19 Å². The summed E-state index contributed by atoms with van der Waals surface area (Å²) in [5, 5.41) is 5.07. The topological polar surface area (TPSA) is 56.7 Å². The van der Waals surface area contributed by atoms with Gasteiger partial charge in [0.1, 0.15) is 0 Å². The summed E-state index contributed by atoms with van der Waals surface area (Å²) in [4.78, 5) is 14.5. The fourth-order valence-electron chi connectivity index (χ4n) is 10.1. The second kappa shape index (κ2) is 17.6. The first-order valence-electron chi connectivity index (χ1n) is 25.4. The molecule has 1 aliphatic rings. The summed E-state index contributed by atoms with van der Waals surface area (Å²) < 4.78 is 63.3. The van der Waals surface area contributed by atoms with Gasteiger partial charge >= 0.3 is 0 Å². The van der Waals surface area contributed by atoms with E-state index in [9.17, 15) is 4.39 Å². The van der Waals surface area contributed by atoms with Gasteiger partial charge in [0.05, 0.1) is 30.5 Å². The smallest absolute Gasteiger partial charge is 0.216 e. The third kappa shape index (κ3) is 7.85. The van der Waals surface area contributed by atoms with Gasteiger partial charge in [-0.2, -0.15) is 0 Å². The summed E-state index contributed by atoms with van der Waals surface area (Å²) in [6, 6.07) is 53.2. The van der Waals surface area contributed by atoms with Crippen LogP contribution in [0.25, 0.3) is 83.3 Å². The number of hydrogen-bond donors (Lipinski definition) is 0. The third-order valence-electron chi connectivity index (χ3n) is 13.4. The summed E-state index contributed by atoms with van der Waals surface area (Å²) in [5.74, 6) is -0.0407. The Hall–Kier alpha value is -6.83. The van der Waals surface area contributed by atoms with Crippen LogP contribution in [0.4, 0.5) is 4.39 Å². The molecular weight excluding hydrogens is 1040 g/mol. The number of halogens is 1. The zero-order valence-electron chi connectivity index (χ0n) is 44.3. The van der Waals surface area contributed by atoms with Crippen molar-refractivity contribution in [1.29, 1.82) is 0 Å². The van der Waals surface area contributed by atoms with Crippen LogP contribution in [0.3, 0.4) is 0 Å². The van der Waals surface area contributed by atoms with Gasteiger partial charge in [-0.25, -0.2) is 4.98 Å². The Morgan fingerprint density at radius 3 is 2.29 bits per heavy atom. The van der Waals surface area contributed by atoms with Crippen molar-refractivity contribution < 1.29 is 35.8 Å². The SMILES string of the molecule is [2H]C([2H])([2H])c1cc[c-]c(-c2ccc([Si](C)(C)C)cn2)c1F.[2H]C([2H])(c1ccccc1)c1ccc2c(n1)oc1c(-c3nc4c5ccccc5ccc4n3-c3c(C)cc4c(c3C)C(C)(C)c3ccccc3-4)[c-]ccc12.[Ir]. The van der Waals surface area contributed by atoms with Crippen molar-refractivity contribution in [3.63, 3.8) is 0 Å². The van der Waals surface area contributed by atoms with E-state index in [1.54, 1.807) is 30.5 Å². The molecule has 11 aromatic rings. The van der Waals surface area contributed by atoms with Crippen LogP contribution in [0.5, 0.6) is 0 Å². The predicted molar refractivity (Wildman–Crippen MR) is 280 cm³/mol. The fraction of sp³-hybridized carbons (Fsp3) is 0.164. The van der Waals surface area contributed by atoms with E-state index in [1.807, 2.05) is 42.5 Å². The molecule has 0 N–H and O–H groups in total. The van der Waals surface area contributed by atoms with Crippen molar-refractivity contribution in [2.75, 3.05) is 0 Å². The maximum Gasteiger partial charge on any atom is 0.216 e. The molecule has 8 heteroatoms. The summed E-state index contributed by atoms with van der Waals surface area (Å²) in [6.07, 6.45) is -0.0503. The molecule has 12 rings (SSSR count). The van der Waals surface area contributed by atoms with Gasteiger partial charge in [-0.05, 0) is 93.3 Å². The maximum atomic E-state index is 14.4. The molecule has 0 saturated heterocycles. The quantitative estimate of drug-likeness (QED) is 0.123. The minimum Gasteiger partial charge on any atom is -0.486 e. The van der Waals surface area contributed by atoms with Crippen molar-refractivity contribution in [2.45, 2.75) is 66.0 Å². The molecule has 0 unspecified atom stereocenters. The van der Waals surface area contributed by atoms with E-state index in [1.165, 1.54) is 45.1 Å². The normalized spacial score (nSPS) is 14.2. The van der Waals surface area contributed by atoms with Gasteiger partial charge in [-0.15, -0.1) is 36.4 Å². The van der Waals surface area contributed by atoms with Gasteiger partial charge in [0, 0.05) is 72.9 Å². The van der Waals surface area contributed by atoms with Gasteiger partial charge in [-0.3, -0.25) is 9.37 Å². The van der Waals surface area contributed by atoms with Gasteiger partial charge in [0.25, 0.3) is 0 Å². The molecule has 0 aliphatic heterocycles. The van der Waals surface area contributed by atoms with E-state index in [0.717, 1.165) is 55.2 Å². The zero-order valence-corrected chi connectivity index (χ0v) is 42.7. The monoisotopic (exact) mass is 1100 g/mol. The number of aryl methyl sites for hydroxylation is 2. The number of nitrogens with zero attached hydrogens (tertiary/aromatic N) is 4. The van der Waals surface area contributed by atoms with E-state index in [2.05, 4.69) is 136 Å². The molecule has 0 amide bonds. The Bertz CT molecular complexity index is 3990. The Kier molecular flexibility index (Phi) is 10.2. The molecule has 1 radical (unpaired) electrons. The largest absolute Gasteiger partial charge is 0.486 e. The number of pyridine rings is 2. The van der Waals surface area contributed by atoms with Crippen molar-refractivity contribution in [3.05, 3.63) is 209 Å². The molecule has 0 spiro atoms. The molecule has 4 heterocycles. The van der Waals surface area contributed by atoms with E-state index >= 15 is 0 Å². The second-order valence-electron chi connectivity index (χ2n) is 19.2. The molecule has 0 bridgehead atoms. The van der Waals surface area contributed by atoms with E-state index in [4.69, 9.17) is 21.2 Å². The van der Waals surface area contributed by atoms with Crippen molar-refractivity contribution >= 4 is 57.1 Å². The molecule has 69 heavy (non-hydrogen) atoms. The second-order valence-corrected chi connectivity index (χ2v) is 24.3. The number of hydrogen-bond acceptors (Lipinski definition) is 4. The summed E-state index contributed by atoms with van der Waals surface area (Å²) in [6.45, 7) is 13.2. The van der Waals surface area contributed by atoms with Crippen LogP contribution >= 0.6 is 0 Å². The predicted octanol–water partition coefficient (Wildman–Crippen LogP) is 15.0. The van der Waals surface area contributed by atoms with Gasteiger partial charge in [0.2, 0.25) is 5.71 Å². The first kappa shape index (κ1) is 40.1. The van der Waals surface area contributed by atoms with E-state index < -0.39 is 27.1 Å². The average Bonchev–Trinajstić information content (AvgIpc) is 4.03. The number of rotatable bonds is 6. The van der Waals surface area contributed by atoms with Crippen LogP contribution in [-0.2, 0) is 31.9 Å². The summed E-state index contributed by atoms with van der Waals surface area (Å²) in [5.41, 5.74) is 13.2. The zero-order chi connectivity index (χ0) is 51.4. The van der Waals surface area contributed by atoms with Crippen molar-refractivity contribution in [1.82, 2.24) is 19.5 Å². The van der Waals surface area contributed by atoms with Crippen molar-refractivity contribution in [3.8, 4) is 39.5 Å². The Morgan fingerprint density at radius 2 is 1.51 bits per heavy atom. The number of aromatic nitrogens is 4. The maximum absolute atomic E-state index is 14.4. The minimum absolute atomic E-state index is 0. The molecule has 0 fully saturated rings. The average molecular weight is 1100 g/mol. The van der Waals surface area contributed by atoms with Gasteiger partial charge in [-0.1, -0.05) is 159 Å². The fourth-order valence-corrected chi connectivity index (χ4v) is 11.2. The number of imidazole rings is 1. The molecule has 4 aromatic heterocycles. The first-order chi connectivity index (χ1) is 34.7. The molecule has 1 aliphatic carbocycles. The van der Waals surface area contributed by atoms with Crippen LogP contribution in [0.1, 0.15) is 59.8 Å². The molecule has 5 nitrogen and oxygen atoms in total. The number of furan rings is 1. The number of benzene rings is 7. The van der Waals surface area contributed by atoms with Crippen LogP contribution in [-0.4, -0.2) is 27.6 Å². The van der Waals surface area contributed by atoms with Crippen LogP contribution in [0.15, 0.2) is 156 Å². The molecule has 0 atom stereocenters. The summed E-state index contributed by atoms with van der Waals surface area (Å²) >= 11 is 0. The molecular formula is C61H51FIrN4OSi-2. The third-order valence-corrected chi connectivity index (χ3v) is 15.4.